The van der Waals surface area contributed by atoms with Crippen molar-refractivity contribution in [3.05, 3.63) is 29.6 Å². The van der Waals surface area contributed by atoms with Gasteiger partial charge in [-0.2, -0.15) is 5.26 Å². The highest BCUT2D eigenvalue weighted by atomic mass is 19.1. The average Bonchev–Trinajstić information content (AvgIpc) is 2.39. The number of piperidine rings is 1. The summed E-state index contributed by atoms with van der Waals surface area (Å²) < 4.78 is 14.0. The lowest BCUT2D eigenvalue weighted by Crippen LogP contribution is -2.46. The number of amides is 1. The quantitative estimate of drug-likeness (QED) is 0.882. The molecule has 4 nitrogen and oxygen atoms in total. The zero-order chi connectivity index (χ0) is 14.0. The second-order valence-corrected chi connectivity index (χ2v) is 4.96. The summed E-state index contributed by atoms with van der Waals surface area (Å²) >= 11 is 0. The van der Waals surface area contributed by atoms with Gasteiger partial charge in [0.25, 0.3) is 0 Å². The molecule has 5 heteroatoms. The zero-order valence-corrected chi connectivity index (χ0v) is 10.8. The first-order chi connectivity index (χ1) is 9.02. The molecule has 0 radical (unpaired) electrons. The lowest BCUT2D eigenvalue weighted by Gasteiger charge is -2.38. The van der Waals surface area contributed by atoms with E-state index in [2.05, 4.69) is 0 Å². The van der Waals surface area contributed by atoms with Gasteiger partial charge in [-0.1, -0.05) is 0 Å². The highest BCUT2D eigenvalue weighted by Crippen LogP contribution is 2.29. The van der Waals surface area contributed by atoms with E-state index in [0.29, 0.717) is 12.2 Å². The predicted molar refractivity (Wildman–Crippen MR) is 69.8 cm³/mol. The minimum Gasteiger partial charge on any atom is -0.369 e. The maximum Gasteiger partial charge on any atom is 0.222 e. The van der Waals surface area contributed by atoms with Crippen LogP contribution >= 0.6 is 0 Å². The summed E-state index contributed by atoms with van der Waals surface area (Å²) in [4.78, 5) is 13.1. The number of rotatable bonds is 2. The molecule has 0 spiro atoms. The standard InChI is InChI=1S/C14H16FN3O/c1-9-2-4-11(14(17)19)8-18(9)13-5-3-10(7-16)6-12(13)15/h3,5-6,9,11H,2,4,8H2,1H3,(H2,17,19). The smallest absolute Gasteiger partial charge is 0.222 e. The van der Waals surface area contributed by atoms with Gasteiger partial charge in [0.2, 0.25) is 5.91 Å². The molecule has 19 heavy (non-hydrogen) atoms. The molecule has 1 aliphatic heterocycles. The number of nitrogens with zero attached hydrogens (tertiary/aromatic N) is 2. The van der Waals surface area contributed by atoms with Crippen LogP contribution in [0.1, 0.15) is 25.3 Å². The Balaban J connectivity index is 2.29. The van der Waals surface area contributed by atoms with Crippen molar-refractivity contribution < 1.29 is 9.18 Å². The third-order valence-corrected chi connectivity index (χ3v) is 3.67. The highest BCUT2D eigenvalue weighted by molar-refractivity contribution is 5.77. The Morgan fingerprint density at radius 2 is 2.26 bits per heavy atom. The normalized spacial score (nSPS) is 22.9. The molecule has 1 amide bonds. The van der Waals surface area contributed by atoms with Crippen LogP contribution < -0.4 is 10.6 Å². The van der Waals surface area contributed by atoms with E-state index < -0.39 is 5.82 Å². The Morgan fingerprint density at radius 1 is 1.53 bits per heavy atom. The Kier molecular flexibility index (Phi) is 3.70. The van der Waals surface area contributed by atoms with Crippen molar-refractivity contribution in [1.29, 1.82) is 5.26 Å². The first kappa shape index (κ1) is 13.3. The molecule has 2 N–H and O–H groups in total. The van der Waals surface area contributed by atoms with Crippen molar-refractivity contribution in [3.8, 4) is 6.07 Å². The molecular formula is C14H16FN3O. The molecule has 1 fully saturated rings. The molecule has 1 aliphatic rings. The Labute approximate surface area is 111 Å². The van der Waals surface area contributed by atoms with Crippen LogP contribution in [0.2, 0.25) is 0 Å². The largest absolute Gasteiger partial charge is 0.369 e. The van der Waals surface area contributed by atoms with E-state index >= 15 is 0 Å². The van der Waals surface area contributed by atoms with Crippen molar-refractivity contribution >= 4 is 11.6 Å². The number of nitrogens with two attached hydrogens (primary N) is 1. The van der Waals surface area contributed by atoms with E-state index in [9.17, 15) is 9.18 Å². The van der Waals surface area contributed by atoms with Crippen LogP contribution in [0, 0.1) is 23.1 Å². The van der Waals surface area contributed by atoms with Crippen LogP contribution in [0.4, 0.5) is 10.1 Å². The summed E-state index contributed by atoms with van der Waals surface area (Å²) in [7, 11) is 0. The van der Waals surface area contributed by atoms with E-state index in [1.54, 1.807) is 12.1 Å². The number of carbonyl (C=O) groups excluding carboxylic acids is 1. The van der Waals surface area contributed by atoms with Gasteiger partial charge in [-0.3, -0.25) is 4.79 Å². The molecule has 2 unspecified atom stereocenters. The molecule has 100 valence electrons. The molecule has 1 heterocycles. The third kappa shape index (κ3) is 2.68. The van der Waals surface area contributed by atoms with Gasteiger partial charge in [0.15, 0.2) is 0 Å². The Hall–Kier alpha value is -2.09. The fraction of sp³-hybridized carbons (Fsp3) is 0.429. The maximum atomic E-state index is 14.0. The zero-order valence-electron chi connectivity index (χ0n) is 10.8. The van der Waals surface area contributed by atoms with Gasteiger partial charge in [0.1, 0.15) is 5.82 Å². The SMILES string of the molecule is CC1CCC(C(N)=O)CN1c1ccc(C#N)cc1F. The number of benzene rings is 1. The molecule has 0 bridgehead atoms. The predicted octanol–water partition coefficient (Wildman–Crippen LogP) is 1.79. The summed E-state index contributed by atoms with van der Waals surface area (Å²) in [6.45, 7) is 2.42. The molecular weight excluding hydrogens is 245 g/mol. The summed E-state index contributed by atoms with van der Waals surface area (Å²) in [5, 5.41) is 8.74. The molecule has 1 aromatic carbocycles. The van der Waals surface area contributed by atoms with Crippen LogP contribution in [0.15, 0.2) is 18.2 Å². The van der Waals surface area contributed by atoms with Crippen molar-refractivity contribution in [2.45, 2.75) is 25.8 Å². The first-order valence-corrected chi connectivity index (χ1v) is 6.28. The van der Waals surface area contributed by atoms with Gasteiger partial charge in [-0.15, -0.1) is 0 Å². The first-order valence-electron chi connectivity index (χ1n) is 6.28. The van der Waals surface area contributed by atoms with Crippen molar-refractivity contribution in [3.63, 3.8) is 0 Å². The lowest BCUT2D eigenvalue weighted by molar-refractivity contribution is -0.122. The second-order valence-electron chi connectivity index (χ2n) is 4.96. The molecule has 2 rings (SSSR count). The van der Waals surface area contributed by atoms with Gasteiger partial charge >= 0.3 is 0 Å². The van der Waals surface area contributed by atoms with Crippen LogP contribution in [0.3, 0.4) is 0 Å². The Morgan fingerprint density at radius 3 is 2.84 bits per heavy atom. The summed E-state index contributed by atoms with van der Waals surface area (Å²) in [6, 6.07) is 6.45. The van der Waals surface area contributed by atoms with Crippen LogP contribution in [0.25, 0.3) is 0 Å². The third-order valence-electron chi connectivity index (χ3n) is 3.67. The van der Waals surface area contributed by atoms with E-state index in [-0.39, 0.29) is 23.4 Å². The molecule has 0 aliphatic carbocycles. The van der Waals surface area contributed by atoms with Gasteiger partial charge in [-0.05, 0) is 38.0 Å². The van der Waals surface area contributed by atoms with E-state index in [4.69, 9.17) is 11.0 Å². The second kappa shape index (κ2) is 5.27. The number of nitriles is 1. The average molecular weight is 261 g/mol. The summed E-state index contributed by atoms with van der Waals surface area (Å²) in [5.74, 6) is -1.02. The fourth-order valence-corrected chi connectivity index (χ4v) is 2.48. The molecule has 2 atom stereocenters. The van der Waals surface area contributed by atoms with Gasteiger partial charge in [-0.25, -0.2) is 4.39 Å². The summed E-state index contributed by atoms with van der Waals surface area (Å²) in [5.41, 5.74) is 6.05. The topological polar surface area (TPSA) is 70.1 Å². The van der Waals surface area contributed by atoms with Crippen LogP contribution in [-0.2, 0) is 4.79 Å². The van der Waals surface area contributed by atoms with Crippen molar-refractivity contribution in [1.82, 2.24) is 0 Å². The Bertz CT molecular complexity index is 538. The molecule has 1 saturated heterocycles. The van der Waals surface area contributed by atoms with Crippen LogP contribution in [0.5, 0.6) is 0 Å². The van der Waals surface area contributed by atoms with E-state index in [1.807, 2.05) is 17.9 Å². The van der Waals surface area contributed by atoms with Gasteiger partial charge in [0, 0.05) is 12.6 Å². The minimum atomic E-state index is -0.434. The number of carbonyl (C=O) groups is 1. The number of anilines is 1. The van der Waals surface area contributed by atoms with E-state index in [0.717, 1.165) is 12.8 Å². The number of primary amides is 1. The van der Waals surface area contributed by atoms with Gasteiger partial charge in [0.05, 0.1) is 23.2 Å². The maximum absolute atomic E-state index is 14.0. The minimum absolute atomic E-state index is 0.151. The molecule has 1 aromatic rings. The molecule has 0 aromatic heterocycles. The lowest BCUT2D eigenvalue weighted by atomic mass is 9.92. The summed E-state index contributed by atoms with van der Waals surface area (Å²) in [6.07, 6.45) is 1.54. The van der Waals surface area contributed by atoms with Gasteiger partial charge < -0.3 is 10.6 Å². The number of hydrogen-bond acceptors (Lipinski definition) is 3. The number of hydrogen-bond donors (Lipinski definition) is 1. The van der Waals surface area contributed by atoms with E-state index in [1.165, 1.54) is 6.07 Å². The fourth-order valence-electron chi connectivity index (χ4n) is 2.48. The highest BCUT2D eigenvalue weighted by Gasteiger charge is 2.30. The van der Waals surface area contributed by atoms with Crippen molar-refractivity contribution in [2.24, 2.45) is 11.7 Å². The monoisotopic (exact) mass is 261 g/mol. The van der Waals surface area contributed by atoms with Crippen molar-refractivity contribution in [2.75, 3.05) is 11.4 Å². The van der Waals surface area contributed by atoms with Crippen LogP contribution in [-0.4, -0.2) is 18.5 Å². The molecule has 0 saturated carbocycles. The number of halogens is 1.